The first-order valence-electron chi connectivity index (χ1n) is 35.6. The van der Waals surface area contributed by atoms with Gasteiger partial charge in [0.25, 0.3) is 0 Å². The first-order chi connectivity index (χ1) is 40.5. The highest BCUT2D eigenvalue weighted by molar-refractivity contribution is 5.71. The van der Waals surface area contributed by atoms with Gasteiger partial charge in [0, 0.05) is 19.3 Å². The number of ether oxygens (including phenoxy) is 3. The van der Waals surface area contributed by atoms with E-state index in [1.807, 2.05) is 0 Å². The molecule has 1 atom stereocenters. The van der Waals surface area contributed by atoms with Crippen molar-refractivity contribution in [1.82, 2.24) is 0 Å². The van der Waals surface area contributed by atoms with Gasteiger partial charge in [0.15, 0.2) is 6.10 Å². The van der Waals surface area contributed by atoms with Crippen LogP contribution in [0.5, 0.6) is 0 Å². The van der Waals surface area contributed by atoms with Crippen molar-refractivity contribution in [3.63, 3.8) is 0 Å². The summed E-state index contributed by atoms with van der Waals surface area (Å²) < 4.78 is 17.0. The summed E-state index contributed by atoms with van der Waals surface area (Å²) in [4.78, 5) is 38.5. The van der Waals surface area contributed by atoms with E-state index in [1.54, 1.807) is 0 Å². The third kappa shape index (κ3) is 67.4. The maximum atomic E-state index is 13.0. The molecule has 1 unspecified atom stereocenters. The molecule has 6 heteroatoms. The summed E-state index contributed by atoms with van der Waals surface area (Å²) in [5.41, 5.74) is 0. The average Bonchev–Trinajstić information content (AvgIpc) is 3.47. The molecule has 0 rings (SSSR count). The van der Waals surface area contributed by atoms with Crippen LogP contribution < -0.4 is 0 Å². The minimum absolute atomic E-state index is 0.0746. The monoisotopic (exact) mass is 1140 g/mol. The van der Waals surface area contributed by atoms with E-state index in [-0.39, 0.29) is 31.1 Å². The van der Waals surface area contributed by atoms with Crippen LogP contribution >= 0.6 is 0 Å². The lowest BCUT2D eigenvalue weighted by molar-refractivity contribution is -0.167. The molecule has 0 aliphatic rings. The third-order valence-corrected chi connectivity index (χ3v) is 15.6. The van der Waals surface area contributed by atoms with Gasteiger partial charge in [-0.3, -0.25) is 14.4 Å². The Bertz CT molecular complexity index is 1550. The minimum Gasteiger partial charge on any atom is -0.462 e. The predicted octanol–water partition coefficient (Wildman–Crippen LogP) is 24.6. The molecule has 0 heterocycles. The molecule has 474 valence electrons. The number of rotatable bonds is 65. The Morgan fingerprint density at radius 2 is 0.476 bits per heavy atom. The average molecular weight is 1140 g/mol. The number of carbonyl (C=O) groups excluding carboxylic acids is 3. The van der Waals surface area contributed by atoms with Gasteiger partial charge in [-0.05, 0) is 96.3 Å². The maximum absolute atomic E-state index is 13.0. The van der Waals surface area contributed by atoms with Crippen molar-refractivity contribution in [2.24, 2.45) is 0 Å². The Kier molecular flexibility index (Phi) is 67.2. The molecular formula is C76H134O6. The lowest BCUT2D eigenvalue weighted by atomic mass is 10.0. The van der Waals surface area contributed by atoms with Gasteiger partial charge in [0.2, 0.25) is 0 Å². The van der Waals surface area contributed by atoms with Crippen LogP contribution in [0.15, 0.2) is 85.1 Å². The van der Waals surface area contributed by atoms with Crippen molar-refractivity contribution in [3.8, 4) is 0 Å². The van der Waals surface area contributed by atoms with E-state index >= 15 is 0 Å². The summed E-state index contributed by atoms with van der Waals surface area (Å²) in [6.45, 7) is 6.56. The Balaban J connectivity index is 4.29. The zero-order valence-electron chi connectivity index (χ0n) is 54.5. The second-order valence-corrected chi connectivity index (χ2v) is 23.8. The summed E-state index contributed by atoms with van der Waals surface area (Å²) >= 11 is 0. The highest BCUT2D eigenvalue weighted by atomic mass is 16.6. The molecule has 0 radical (unpaired) electrons. The Hall–Kier alpha value is -3.41. The van der Waals surface area contributed by atoms with Gasteiger partial charge in [-0.15, -0.1) is 0 Å². The van der Waals surface area contributed by atoms with E-state index in [0.29, 0.717) is 19.3 Å². The van der Waals surface area contributed by atoms with Gasteiger partial charge in [-0.25, -0.2) is 0 Å². The Labute approximate surface area is 509 Å². The zero-order chi connectivity index (χ0) is 59.2. The molecule has 6 nitrogen and oxygen atoms in total. The van der Waals surface area contributed by atoms with Gasteiger partial charge in [0.1, 0.15) is 13.2 Å². The Morgan fingerprint density at radius 3 is 0.744 bits per heavy atom. The van der Waals surface area contributed by atoms with Crippen LogP contribution in [0, 0.1) is 0 Å². The highest BCUT2D eigenvalue weighted by Crippen LogP contribution is 2.18. The van der Waals surface area contributed by atoms with Crippen LogP contribution in [0.25, 0.3) is 0 Å². The summed E-state index contributed by atoms with van der Waals surface area (Å²) in [6, 6.07) is 0. The SMILES string of the molecule is CC/C=C\C/C=C\C/C=C\C/C=C\CCCCCCCCCCCCC(=O)OC(COC(=O)CCCCCCCCCCCCCC/C=C\C/C=C\C/C=C\CCCCCCC)COC(=O)CCCCCCCCCCCCCCCC. The smallest absolute Gasteiger partial charge is 0.306 e. The van der Waals surface area contributed by atoms with E-state index in [4.69, 9.17) is 14.2 Å². The van der Waals surface area contributed by atoms with E-state index < -0.39 is 6.10 Å². The van der Waals surface area contributed by atoms with E-state index in [0.717, 1.165) is 96.3 Å². The topological polar surface area (TPSA) is 78.9 Å². The molecule has 0 N–H and O–H groups in total. The number of allylic oxidation sites excluding steroid dienone is 14. The summed E-state index contributed by atoms with van der Waals surface area (Å²) in [5.74, 6) is -0.861. The van der Waals surface area contributed by atoms with Crippen molar-refractivity contribution in [2.45, 2.75) is 367 Å². The second-order valence-electron chi connectivity index (χ2n) is 23.8. The van der Waals surface area contributed by atoms with Crippen molar-refractivity contribution < 1.29 is 28.6 Å². The van der Waals surface area contributed by atoms with Crippen LogP contribution in [0.2, 0.25) is 0 Å². The van der Waals surface area contributed by atoms with E-state index in [9.17, 15) is 14.4 Å². The highest BCUT2D eigenvalue weighted by Gasteiger charge is 2.19. The number of hydrogen-bond donors (Lipinski definition) is 0. The fourth-order valence-electron chi connectivity index (χ4n) is 10.3. The van der Waals surface area contributed by atoms with Crippen molar-refractivity contribution >= 4 is 17.9 Å². The molecule has 82 heavy (non-hydrogen) atoms. The lowest BCUT2D eigenvalue weighted by Gasteiger charge is -2.18. The van der Waals surface area contributed by atoms with Crippen LogP contribution in [0.3, 0.4) is 0 Å². The molecule has 0 amide bonds. The van der Waals surface area contributed by atoms with E-state index in [2.05, 4.69) is 106 Å². The fraction of sp³-hybridized carbons (Fsp3) is 0.776. The molecule has 0 bridgehead atoms. The number of unbranched alkanes of at least 4 members (excludes halogenated alkanes) is 40. The summed E-state index contributed by atoms with van der Waals surface area (Å²) in [5, 5.41) is 0. The molecule has 0 aliphatic carbocycles. The van der Waals surface area contributed by atoms with Gasteiger partial charge in [0.05, 0.1) is 0 Å². The standard InChI is InChI=1S/C76H134O6/c1-4-7-10-13-16-19-22-25-28-30-32-34-36-37-38-39-41-42-44-46-48-51-54-57-60-63-66-69-75(78)81-72-73(71-80-74(77)68-65-62-59-56-53-50-27-24-21-18-15-12-9-6-3)82-76(79)70-67-64-61-58-55-52-49-47-45-43-40-35-33-31-29-26-23-20-17-14-11-8-5-2/h8,11,17,20,22,25-26,29-30,32-33,35-37,73H,4-7,9-10,12-16,18-19,21,23-24,27-28,31,34,38-72H2,1-3H3/b11-8-,20-17-,25-22-,29-26-,32-30-,35-33-,37-36-. The van der Waals surface area contributed by atoms with Gasteiger partial charge < -0.3 is 14.2 Å². The molecule has 0 saturated carbocycles. The zero-order valence-corrected chi connectivity index (χ0v) is 54.5. The normalized spacial score (nSPS) is 12.6. The molecule has 0 aromatic carbocycles. The van der Waals surface area contributed by atoms with Crippen LogP contribution in [-0.4, -0.2) is 37.2 Å². The fourth-order valence-corrected chi connectivity index (χ4v) is 10.3. The van der Waals surface area contributed by atoms with Crippen molar-refractivity contribution in [2.75, 3.05) is 13.2 Å². The summed E-state index contributed by atoms with van der Waals surface area (Å²) in [7, 11) is 0. The Morgan fingerprint density at radius 1 is 0.256 bits per heavy atom. The van der Waals surface area contributed by atoms with Gasteiger partial charge in [-0.2, -0.15) is 0 Å². The van der Waals surface area contributed by atoms with E-state index in [1.165, 1.54) is 225 Å². The molecule has 0 aromatic heterocycles. The second kappa shape index (κ2) is 70.1. The minimum atomic E-state index is -0.780. The number of esters is 3. The van der Waals surface area contributed by atoms with Crippen LogP contribution in [-0.2, 0) is 28.6 Å². The first kappa shape index (κ1) is 78.6. The first-order valence-corrected chi connectivity index (χ1v) is 35.6. The van der Waals surface area contributed by atoms with Gasteiger partial charge in [-0.1, -0.05) is 331 Å². The van der Waals surface area contributed by atoms with Crippen LogP contribution in [0.1, 0.15) is 361 Å². The lowest BCUT2D eigenvalue weighted by Crippen LogP contribution is -2.30. The largest absolute Gasteiger partial charge is 0.462 e. The maximum Gasteiger partial charge on any atom is 0.306 e. The quantitative estimate of drug-likeness (QED) is 0.0261. The molecular weight excluding hydrogens is 1010 g/mol. The summed E-state index contributed by atoms with van der Waals surface area (Å²) in [6.07, 6.45) is 93.2. The molecule has 0 spiro atoms. The molecule has 0 aliphatic heterocycles. The molecule has 0 saturated heterocycles. The van der Waals surface area contributed by atoms with Gasteiger partial charge >= 0.3 is 17.9 Å². The molecule has 0 aromatic rings. The number of hydrogen-bond acceptors (Lipinski definition) is 6. The molecule has 0 fully saturated rings. The third-order valence-electron chi connectivity index (χ3n) is 15.6. The predicted molar refractivity (Wildman–Crippen MR) is 358 cm³/mol. The number of carbonyl (C=O) groups is 3. The van der Waals surface area contributed by atoms with Crippen molar-refractivity contribution in [3.05, 3.63) is 85.1 Å². The van der Waals surface area contributed by atoms with Crippen molar-refractivity contribution in [1.29, 1.82) is 0 Å². The van der Waals surface area contributed by atoms with Crippen LogP contribution in [0.4, 0.5) is 0 Å².